The Balaban J connectivity index is 0.000000198. The van der Waals surface area contributed by atoms with Gasteiger partial charge in [-0.3, -0.25) is 25.1 Å². The second-order valence-electron chi connectivity index (χ2n) is 12.8. The molecule has 2 aromatic carbocycles. The predicted octanol–water partition coefficient (Wildman–Crippen LogP) is 8.48. The average molecular weight is 806 g/mol. The smallest absolute Gasteiger partial charge is 0.410 e. The maximum Gasteiger partial charge on any atom is 0.410 e. The number of alkyl halides is 1. The number of halogens is 1. The summed E-state index contributed by atoms with van der Waals surface area (Å²) in [7, 11) is 0. The number of nitro benzene ring substituents is 2. The van der Waals surface area contributed by atoms with Crippen LogP contribution in [0.1, 0.15) is 31.9 Å². The van der Waals surface area contributed by atoms with E-state index < -0.39 is 15.4 Å². The highest BCUT2D eigenvalue weighted by atomic mass is 79.9. The lowest BCUT2D eigenvalue weighted by molar-refractivity contribution is -0.384. The van der Waals surface area contributed by atoms with Crippen LogP contribution < -0.4 is 0 Å². The van der Waals surface area contributed by atoms with E-state index in [1.807, 2.05) is 39.1 Å². The number of nitro groups is 2. The van der Waals surface area contributed by atoms with Gasteiger partial charge in [0.25, 0.3) is 11.4 Å². The van der Waals surface area contributed by atoms with Crippen LogP contribution in [0.15, 0.2) is 73.1 Å². The number of ether oxygens (including phenoxy) is 1. The molecule has 1 amide bonds. The van der Waals surface area contributed by atoms with Crippen molar-refractivity contribution in [3.8, 4) is 21.1 Å². The van der Waals surface area contributed by atoms with Crippen molar-refractivity contribution in [3.63, 3.8) is 0 Å². The highest BCUT2D eigenvalue weighted by molar-refractivity contribution is 9.08. The highest BCUT2D eigenvalue weighted by Gasteiger charge is 2.26. The average Bonchev–Trinajstić information content (AvgIpc) is 3.75. The van der Waals surface area contributed by atoms with Gasteiger partial charge in [0, 0.05) is 62.6 Å². The maximum atomic E-state index is 12.2. The molecule has 52 heavy (non-hydrogen) atoms. The molecule has 1 fully saturated rings. The van der Waals surface area contributed by atoms with E-state index in [1.54, 1.807) is 47.5 Å². The van der Waals surface area contributed by atoms with Gasteiger partial charge >= 0.3 is 6.09 Å². The monoisotopic (exact) mass is 804 g/mol. The van der Waals surface area contributed by atoms with E-state index in [0.717, 1.165) is 44.9 Å². The number of thiazole rings is 2. The molecule has 17 heteroatoms. The molecule has 6 aromatic rings. The van der Waals surface area contributed by atoms with Crippen LogP contribution in [0.5, 0.6) is 0 Å². The summed E-state index contributed by atoms with van der Waals surface area (Å²) in [4.78, 5) is 57.3. The summed E-state index contributed by atoms with van der Waals surface area (Å²) < 4.78 is 5.45. The maximum absolute atomic E-state index is 12.2. The molecule has 1 aliphatic rings. The predicted molar refractivity (Wildman–Crippen MR) is 205 cm³/mol. The zero-order valence-electron chi connectivity index (χ0n) is 28.4. The van der Waals surface area contributed by atoms with E-state index in [2.05, 4.69) is 40.8 Å². The zero-order chi connectivity index (χ0) is 37.0. The second-order valence-corrected chi connectivity index (χ2v) is 15.3. The van der Waals surface area contributed by atoms with Gasteiger partial charge < -0.3 is 9.64 Å². The van der Waals surface area contributed by atoms with Crippen molar-refractivity contribution in [2.24, 2.45) is 0 Å². The molecule has 14 nitrogen and oxygen atoms in total. The fraction of sp³-hybridized carbons (Fsp3) is 0.286. The third kappa shape index (κ3) is 8.72. The molecule has 0 aliphatic carbocycles. The van der Waals surface area contributed by atoms with E-state index in [9.17, 15) is 25.0 Å². The van der Waals surface area contributed by atoms with Crippen molar-refractivity contribution < 1.29 is 19.4 Å². The van der Waals surface area contributed by atoms with Gasteiger partial charge in [0.05, 0.1) is 21.0 Å². The number of rotatable bonds is 7. The van der Waals surface area contributed by atoms with Gasteiger partial charge in [-0.2, -0.15) is 0 Å². The van der Waals surface area contributed by atoms with Crippen molar-refractivity contribution in [2.45, 2.75) is 38.2 Å². The minimum Gasteiger partial charge on any atom is -0.444 e. The van der Waals surface area contributed by atoms with Gasteiger partial charge in [0.1, 0.15) is 36.3 Å². The number of piperazine rings is 1. The minimum absolute atomic E-state index is 0.0367. The van der Waals surface area contributed by atoms with Gasteiger partial charge in [-0.25, -0.2) is 24.7 Å². The number of para-hydroxylation sites is 2. The number of nitrogens with zero attached hydrogens (tertiary/aromatic N) is 8. The Hall–Kier alpha value is -4.97. The molecule has 0 spiro atoms. The molecule has 0 saturated carbocycles. The molecular formula is C35H33BrN8O6S2. The van der Waals surface area contributed by atoms with Gasteiger partial charge in [0.15, 0.2) is 0 Å². The number of benzene rings is 2. The Bertz CT molecular complexity index is 2270. The van der Waals surface area contributed by atoms with Crippen LogP contribution in [0, 0.1) is 20.2 Å². The minimum atomic E-state index is -0.498. The Morgan fingerprint density at radius 1 is 0.808 bits per heavy atom. The van der Waals surface area contributed by atoms with Crippen LogP contribution >= 0.6 is 38.6 Å². The molecule has 0 atom stereocenters. The summed E-state index contributed by atoms with van der Waals surface area (Å²) in [6.45, 7) is 9.01. The Morgan fingerprint density at radius 2 is 1.29 bits per heavy atom. The van der Waals surface area contributed by atoms with E-state index in [4.69, 9.17) is 4.74 Å². The molecular weight excluding hydrogens is 772 g/mol. The third-order valence-electron chi connectivity index (χ3n) is 7.86. The summed E-state index contributed by atoms with van der Waals surface area (Å²) >= 11 is 6.08. The van der Waals surface area contributed by atoms with Crippen molar-refractivity contribution in [1.82, 2.24) is 29.7 Å². The molecule has 0 bridgehead atoms. The number of hydrogen-bond acceptors (Lipinski definition) is 13. The number of carbonyl (C=O) groups excluding carboxylic acids is 1. The van der Waals surface area contributed by atoms with Crippen molar-refractivity contribution in [3.05, 3.63) is 104 Å². The normalized spacial score (nSPS) is 13.5. The van der Waals surface area contributed by atoms with E-state index in [1.165, 1.54) is 34.8 Å². The molecule has 0 unspecified atom stereocenters. The van der Waals surface area contributed by atoms with Gasteiger partial charge in [-0.15, -0.1) is 0 Å². The standard InChI is InChI=1S/C22H25N5O4S.C13H8BrN3O2S/c1-22(2,3)31-21(28)26-10-8-25(9-11-26)14-15-12-17-20(23-13-15)32-19(24-17)16-6-4-5-7-18(16)27(29)30;14-6-8-5-10-13(15-7-8)20-12(16-10)9-3-1-2-4-11(9)17(18)19/h4-7,12-13H,8-11,14H2,1-3H3;1-5,7H,6H2. The largest absolute Gasteiger partial charge is 0.444 e. The van der Waals surface area contributed by atoms with Crippen molar-refractivity contribution >= 4 is 76.8 Å². The lowest BCUT2D eigenvalue weighted by atomic mass is 10.2. The molecule has 1 saturated heterocycles. The molecule has 1 aliphatic heterocycles. The number of amides is 1. The number of aromatic nitrogens is 4. The third-order valence-corrected chi connectivity index (χ3v) is 10.5. The first-order valence-corrected chi connectivity index (χ1v) is 18.9. The quantitative estimate of drug-likeness (QED) is 0.0861. The lowest BCUT2D eigenvalue weighted by Gasteiger charge is -2.35. The van der Waals surface area contributed by atoms with Crippen LogP contribution in [-0.2, 0) is 16.6 Å². The summed E-state index contributed by atoms with van der Waals surface area (Å²) in [6, 6.07) is 17.1. The van der Waals surface area contributed by atoms with Crippen LogP contribution in [0.2, 0.25) is 0 Å². The SMILES string of the molecule is CC(C)(C)OC(=O)N1CCN(Cc2cnc3sc(-c4ccccc4[N+](=O)[O-])nc3c2)CC1.O=[N+]([O-])c1ccccc1-c1nc2cc(CBr)cnc2s1. The first-order valence-electron chi connectivity index (χ1n) is 16.1. The molecule has 268 valence electrons. The first-order chi connectivity index (χ1) is 24.9. The topological polar surface area (TPSA) is 171 Å². The summed E-state index contributed by atoms with van der Waals surface area (Å²) in [5, 5.41) is 24.3. The van der Waals surface area contributed by atoms with Crippen LogP contribution in [0.25, 0.3) is 41.8 Å². The highest BCUT2D eigenvalue weighted by Crippen LogP contribution is 2.36. The fourth-order valence-electron chi connectivity index (χ4n) is 5.42. The summed E-state index contributed by atoms with van der Waals surface area (Å²) in [5.41, 5.74) is 4.16. The molecule has 7 rings (SSSR count). The van der Waals surface area contributed by atoms with Crippen molar-refractivity contribution in [2.75, 3.05) is 26.2 Å². The van der Waals surface area contributed by atoms with Gasteiger partial charge in [-0.1, -0.05) is 62.9 Å². The number of pyridine rings is 2. The summed E-state index contributed by atoms with van der Waals surface area (Å²) in [5.74, 6) is 0. The number of hydrogen-bond donors (Lipinski definition) is 0. The lowest BCUT2D eigenvalue weighted by Crippen LogP contribution is -2.49. The first kappa shape index (κ1) is 36.8. The Labute approximate surface area is 314 Å². The molecule has 0 N–H and O–H groups in total. The van der Waals surface area contributed by atoms with E-state index in [0.29, 0.717) is 46.1 Å². The molecule has 5 heterocycles. The molecule has 0 radical (unpaired) electrons. The van der Waals surface area contributed by atoms with Crippen LogP contribution in [-0.4, -0.2) is 77.5 Å². The Kier molecular flexibility index (Phi) is 11.1. The van der Waals surface area contributed by atoms with E-state index >= 15 is 0 Å². The van der Waals surface area contributed by atoms with E-state index in [-0.39, 0.29) is 17.5 Å². The van der Waals surface area contributed by atoms with Gasteiger partial charge in [-0.05, 0) is 56.2 Å². The van der Waals surface area contributed by atoms with Crippen molar-refractivity contribution in [1.29, 1.82) is 0 Å². The number of carbonyl (C=O) groups is 1. The Morgan fingerprint density at radius 3 is 1.77 bits per heavy atom. The zero-order valence-corrected chi connectivity index (χ0v) is 31.6. The van der Waals surface area contributed by atoms with Crippen LogP contribution in [0.3, 0.4) is 0 Å². The second kappa shape index (κ2) is 15.7. The van der Waals surface area contributed by atoms with Gasteiger partial charge in [0.2, 0.25) is 0 Å². The fourth-order valence-corrected chi connectivity index (χ4v) is 7.58. The summed E-state index contributed by atoms with van der Waals surface area (Å²) in [6.07, 6.45) is 3.33. The number of fused-ring (bicyclic) bond motifs is 2. The molecule has 4 aromatic heterocycles. The van der Waals surface area contributed by atoms with Crippen LogP contribution in [0.4, 0.5) is 16.2 Å².